The van der Waals surface area contributed by atoms with E-state index in [4.69, 9.17) is 14.9 Å². The molecule has 3 N–H and O–H groups in total. The molecule has 1 saturated carbocycles. The molecule has 1 unspecified atom stereocenters. The molecule has 1 aliphatic heterocycles. The highest BCUT2D eigenvalue weighted by Gasteiger charge is 2.49. The van der Waals surface area contributed by atoms with Crippen LogP contribution < -0.4 is 5.32 Å². The molecule has 0 aromatic rings. The van der Waals surface area contributed by atoms with Crippen molar-refractivity contribution in [2.24, 2.45) is 5.92 Å². The van der Waals surface area contributed by atoms with Crippen molar-refractivity contribution in [2.75, 3.05) is 33.7 Å². The van der Waals surface area contributed by atoms with Gasteiger partial charge in [0.15, 0.2) is 0 Å². The molecule has 0 aromatic carbocycles. The number of nitrogens with one attached hydrogen (secondary N) is 1. The van der Waals surface area contributed by atoms with Crippen molar-refractivity contribution in [3.8, 4) is 0 Å². The number of carboxylic acids is 2. The van der Waals surface area contributed by atoms with E-state index >= 15 is 0 Å². The summed E-state index contributed by atoms with van der Waals surface area (Å²) in [5.74, 6) is -1.96. The van der Waals surface area contributed by atoms with Crippen LogP contribution in [-0.2, 0) is 14.3 Å². The molecule has 2 aliphatic rings. The Bertz CT molecular complexity index is 604. The number of carboxylic acid groups (broad SMARTS) is 2. The van der Waals surface area contributed by atoms with Gasteiger partial charge in [-0.25, -0.2) is 24.1 Å². The number of hydrogen-bond acceptors (Lipinski definition) is 6. The van der Waals surface area contributed by atoms with Gasteiger partial charge in [0.25, 0.3) is 0 Å². The first kappa shape index (κ1) is 23.4. The van der Waals surface area contributed by atoms with E-state index in [-0.39, 0.29) is 6.03 Å². The minimum Gasteiger partial charge on any atom is -0.478 e. The lowest BCUT2D eigenvalue weighted by atomic mass is 9.79. The third kappa shape index (κ3) is 7.95. The van der Waals surface area contributed by atoms with E-state index in [0.717, 1.165) is 25.8 Å². The Hall–Kier alpha value is -2.62. The zero-order valence-electron chi connectivity index (χ0n) is 16.5. The Morgan fingerprint density at radius 1 is 1.29 bits per heavy atom. The summed E-state index contributed by atoms with van der Waals surface area (Å²) in [5, 5.41) is 18.4. The van der Waals surface area contributed by atoms with E-state index in [0.29, 0.717) is 31.2 Å². The molecule has 3 amide bonds. The Morgan fingerprint density at radius 2 is 1.89 bits per heavy atom. The molecule has 28 heavy (non-hydrogen) atoms. The monoisotopic (exact) mass is 399 g/mol. The standard InChI is InChI=1S/C14H25N3O3.C4H4O4/c1-11-5-4-6-14(9-11)10-17(13(19)20-14)12(18)15-7-8-16(2)3;5-3(6)1-2-4(7)8/h11H,4-10H2,1-3H3,(H,15,18);1-2H,(H,5,6)(H,7,8)/b;2-1+/t11-,14?;/m0./s1. The van der Waals surface area contributed by atoms with E-state index in [1.165, 1.54) is 11.3 Å². The van der Waals surface area contributed by atoms with Crippen LogP contribution in [0.5, 0.6) is 0 Å². The number of rotatable bonds is 5. The highest BCUT2D eigenvalue weighted by Crippen LogP contribution is 2.39. The van der Waals surface area contributed by atoms with Gasteiger partial charge in [-0.1, -0.05) is 13.3 Å². The number of urea groups is 1. The molecule has 1 saturated heterocycles. The van der Waals surface area contributed by atoms with Crippen molar-refractivity contribution in [3.63, 3.8) is 0 Å². The molecule has 1 spiro atoms. The van der Waals surface area contributed by atoms with Gasteiger partial charge in [0.2, 0.25) is 0 Å². The van der Waals surface area contributed by atoms with Crippen LogP contribution in [0.1, 0.15) is 32.6 Å². The third-order valence-corrected chi connectivity index (χ3v) is 4.47. The number of aliphatic carboxylic acids is 2. The van der Waals surface area contributed by atoms with E-state index in [1.807, 2.05) is 19.0 Å². The maximum Gasteiger partial charge on any atom is 0.418 e. The van der Waals surface area contributed by atoms with Crippen molar-refractivity contribution in [1.82, 2.24) is 15.1 Å². The van der Waals surface area contributed by atoms with Crippen LogP contribution in [0.4, 0.5) is 9.59 Å². The molecule has 2 fully saturated rings. The quantitative estimate of drug-likeness (QED) is 0.590. The van der Waals surface area contributed by atoms with Gasteiger partial charge in [0.1, 0.15) is 5.60 Å². The van der Waals surface area contributed by atoms with E-state index in [2.05, 4.69) is 12.2 Å². The Kier molecular flexibility index (Phi) is 8.90. The Labute approximate surface area is 164 Å². The molecule has 158 valence electrons. The van der Waals surface area contributed by atoms with Gasteiger partial charge >= 0.3 is 24.1 Å². The summed E-state index contributed by atoms with van der Waals surface area (Å²) in [6.07, 6.45) is 4.58. The fourth-order valence-electron chi connectivity index (χ4n) is 3.25. The number of ether oxygens (including phenoxy) is 1. The first-order valence-corrected chi connectivity index (χ1v) is 9.11. The minimum atomic E-state index is -1.26. The Balaban J connectivity index is 0.000000416. The fourth-order valence-corrected chi connectivity index (χ4v) is 3.25. The van der Waals surface area contributed by atoms with E-state index in [1.54, 1.807) is 0 Å². The maximum atomic E-state index is 12.0. The lowest BCUT2D eigenvalue weighted by Crippen LogP contribution is -2.45. The average molecular weight is 399 g/mol. The average Bonchev–Trinajstić information content (AvgIpc) is 2.88. The van der Waals surface area contributed by atoms with Gasteiger partial charge in [0, 0.05) is 25.2 Å². The first-order valence-electron chi connectivity index (χ1n) is 9.11. The normalized spacial score (nSPS) is 24.1. The molecule has 2 rings (SSSR count). The van der Waals surface area contributed by atoms with Gasteiger partial charge in [-0.2, -0.15) is 0 Å². The zero-order valence-corrected chi connectivity index (χ0v) is 16.5. The summed E-state index contributed by atoms with van der Waals surface area (Å²) in [4.78, 5) is 46.3. The molecular weight excluding hydrogens is 370 g/mol. The zero-order chi connectivity index (χ0) is 21.3. The van der Waals surface area contributed by atoms with Gasteiger partial charge in [-0.15, -0.1) is 0 Å². The molecule has 0 radical (unpaired) electrons. The van der Waals surface area contributed by atoms with Gasteiger partial charge in [-0.3, -0.25) is 0 Å². The second kappa shape index (κ2) is 10.6. The summed E-state index contributed by atoms with van der Waals surface area (Å²) >= 11 is 0. The number of amides is 3. The SMILES string of the molecule is C[C@H]1CCCC2(C1)CN(C(=O)NCCN(C)C)C(=O)O2.O=C(O)/C=C/C(=O)O. The summed E-state index contributed by atoms with van der Waals surface area (Å²) < 4.78 is 5.54. The number of likely N-dealkylation sites (N-methyl/N-ethyl adjacent to an activating group) is 1. The molecule has 2 atom stereocenters. The summed E-state index contributed by atoms with van der Waals surface area (Å²) in [6, 6.07) is -0.341. The number of hydrogen-bond donors (Lipinski definition) is 3. The minimum absolute atomic E-state index is 0.341. The van der Waals surface area contributed by atoms with Crippen LogP contribution in [0.3, 0.4) is 0 Å². The topological polar surface area (TPSA) is 136 Å². The van der Waals surface area contributed by atoms with Crippen LogP contribution in [0, 0.1) is 5.92 Å². The maximum absolute atomic E-state index is 12.0. The summed E-state index contributed by atoms with van der Waals surface area (Å²) in [6.45, 7) is 3.84. The predicted molar refractivity (Wildman–Crippen MR) is 99.9 cm³/mol. The largest absolute Gasteiger partial charge is 0.478 e. The molecule has 1 heterocycles. The molecule has 0 aromatic heterocycles. The van der Waals surface area contributed by atoms with Crippen molar-refractivity contribution >= 4 is 24.1 Å². The number of carbonyl (C=O) groups is 4. The van der Waals surface area contributed by atoms with E-state index in [9.17, 15) is 19.2 Å². The number of nitrogens with zero attached hydrogens (tertiary/aromatic N) is 2. The lowest BCUT2D eigenvalue weighted by molar-refractivity contribution is -0.134. The van der Waals surface area contributed by atoms with Crippen LogP contribution in [-0.4, -0.2) is 83.4 Å². The lowest BCUT2D eigenvalue weighted by Gasteiger charge is -2.34. The van der Waals surface area contributed by atoms with Crippen molar-refractivity contribution < 1.29 is 34.1 Å². The highest BCUT2D eigenvalue weighted by atomic mass is 16.6. The van der Waals surface area contributed by atoms with Gasteiger partial charge < -0.3 is 25.2 Å². The summed E-state index contributed by atoms with van der Waals surface area (Å²) in [5.41, 5.74) is -0.437. The second-order valence-electron chi connectivity index (χ2n) is 7.38. The second-order valence-corrected chi connectivity index (χ2v) is 7.38. The third-order valence-electron chi connectivity index (χ3n) is 4.47. The number of carbonyl (C=O) groups excluding carboxylic acids is 2. The fraction of sp³-hybridized carbons (Fsp3) is 0.667. The van der Waals surface area contributed by atoms with E-state index < -0.39 is 23.6 Å². The Morgan fingerprint density at radius 3 is 2.39 bits per heavy atom. The first-order chi connectivity index (χ1) is 13.0. The van der Waals surface area contributed by atoms with Crippen LogP contribution in [0.15, 0.2) is 12.2 Å². The molecule has 0 bridgehead atoms. The summed E-state index contributed by atoms with van der Waals surface area (Å²) in [7, 11) is 3.88. The number of imide groups is 1. The van der Waals surface area contributed by atoms with Gasteiger partial charge in [-0.05, 0) is 39.3 Å². The molecular formula is C18H29N3O7. The van der Waals surface area contributed by atoms with Crippen molar-refractivity contribution in [2.45, 2.75) is 38.2 Å². The highest BCUT2D eigenvalue weighted by molar-refractivity contribution is 5.92. The molecule has 10 nitrogen and oxygen atoms in total. The van der Waals surface area contributed by atoms with Crippen LogP contribution in [0.25, 0.3) is 0 Å². The van der Waals surface area contributed by atoms with Crippen LogP contribution in [0.2, 0.25) is 0 Å². The smallest absolute Gasteiger partial charge is 0.418 e. The molecule has 10 heteroatoms. The van der Waals surface area contributed by atoms with Crippen LogP contribution >= 0.6 is 0 Å². The van der Waals surface area contributed by atoms with Gasteiger partial charge in [0.05, 0.1) is 6.54 Å². The van der Waals surface area contributed by atoms with Crippen molar-refractivity contribution in [3.05, 3.63) is 12.2 Å². The predicted octanol–water partition coefficient (Wildman–Crippen LogP) is 1.37. The molecule has 1 aliphatic carbocycles. The van der Waals surface area contributed by atoms with Crippen molar-refractivity contribution in [1.29, 1.82) is 0 Å².